The molecule has 9 heteroatoms. The molecular formula is C13H9ClN2O4S2. The Kier molecular flexibility index (Phi) is 3.59. The fourth-order valence-corrected chi connectivity index (χ4v) is 4.61. The van der Waals surface area contributed by atoms with Crippen molar-refractivity contribution in [3.8, 4) is 0 Å². The molecule has 0 radical (unpaired) electrons. The standard InChI is InChI=1S/C13H9ClN2O4S2/c14-9-5-6-10(21-9)22(19,20)16-11-7-3-1-2-4-8(7)15-12(11)13(17)18/h1-6,15-16H,(H,17,18). The molecule has 22 heavy (non-hydrogen) atoms. The fraction of sp³-hybridized carbons (Fsp3) is 0. The zero-order valence-electron chi connectivity index (χ0n) is 10.8. The van der Waals surface area contributed by atoms with Gasteiger partial charge in [-0.05, 0) is 18.2 Å². The average molecular weight is 357 g/mol. The number of hydrogen-bond acceptors (Lipinski definition) is 4. The van der Waals surface area contributed by atoms with E-state index >= 15 is 0 Å². The average Bonchev–Trinajstić information content (AvgIpc) is 3.04. The van der Waals surface area contributed by atoms with E-state index in [4.69, 9.17) is 11.6 Å². The van der Waals surface area contributed by atoms with Crippen LogP contribution in [0, 0.1) is 0 Å². The van der Waals surface area contributed by atoms with Crippen LogP contribution in [-0.2, 0) is 10.0 Å². The van der Waals surface area contributed by atoms with Crippen LogP contribution in [0.4, 0.5) is 5.69 Å². The number of thiophene rings is 1. The number of nitrogens with one attached hydrogen (secondary N) is 2. The molecule has 0 unspecified atom stereocenters. The molecule has 0 aliphatic heterocycles. The lowest BCUT2D eigenvalue weighted by atomic mass is 10.2. The number of carboxylic acids is 1. The Balaban J connectivity index is 2.14. The highest BCUT2D eigenvalue weighted by Gasteiger charge is 2.23. The van der Waals surface area contributed by atoms with Crippen molar-refractivity contribution in [2.24, 2.45) is 0 Å². The first-order valence-electron chi connectivity index (χ1n) is 6.00. The summed E-state index contributed by atoms with van der Waals surface area (Å²) in [6.07, 6.45) is 0. The zero-order valence-corrected chi connectivity index (χ0v) is 13.2. The van der Waals surface area contributed by atoms with Crippen molar-refractivity contribution < 1.29 is 18.3 Å². The minimum atomic E-state index is -3.91. The monoisotopic (exact) mass is 356 g/mol. The van der Waals surface area contributed by atoms with Gasteiger partial charge in [0.2, 0.25) is 0 Å². The Morgan fingerprint density at radius 1 is 1.23 bits per heavy atom. The van der Waals surface area contributed by atoms with Gasteiger partial charge in [-0.1, -0.05) is 29.8 Å². The lowest BCUT2D eigenvalue weighted by Crippen LogP contribution is -2.14. The second kappa shape index (κ2) is 5.31. The van der Waals surface area contributed by atoms with Gasteiger partial charge in [0, 0.05) is 10.9 Å². The zero-order chi connectivity index (χ0) is 15.9. The molecule has 0 aliphatic rings. The van der Waals surface area contributed by atoms with Gasteiger partial charge >= 0.3 is 5.97 Å². The number of halogens is 1. The minimum absolute atomic E-state index is 0.00706. The number of para-hydroxylation sites is 1. The number of aromatic amines is 1. The maximum absolute atomic E-state index is 12.4. The Morgan fingerprint density at radius 2 is 1.95 bits per heavy atom. The first-order chi connectivity index (χ1) is 10.4. The first kappa shape index (κ1) is 14.9. The van der Waals surface area contributed by atoms with E-state index in [0.717, 1.165) is 11.3 Å². The normalized spacial score (nSPS) is 11.7. The van der Waals surface area contributed by atoms with Crippen molar-refractivity contribution >= 4 is 55.5 Å². The van der Waals surface area contributed by atoms with Crippen LogP contribution in [0.25, 0.3) is 10.9 Å². The van der Waals surface area contributed by atoms with Gasteiger partial charge in [-0.15, -0.1) is 11.3 Å². The largest absolute Gasteiger partial charge is 0.477 e. The van der Waals surface area contributed by atoms with E-state index < -0.39 is 16.0 Å². The molecule has 0 saturated carbocycles. The number of aromatic carboxylic acids is 1. The number of sulfonamides is 1. The summed E-state index contributed by atoms with van der Waals surface area (Å²) in [5.41, 5.74) is 0.321. The number of aromatic nitrogens is 1. The molecule has 0 amide bonds. The molecule has 3 aromatic rings. The highest BCUT2D eigenvalue weighted by atomic mass is 35.5. The Labute approximate surface area is 134 Å². The van der Waals surface area contributed by atoms with Crippen molar-refractivity contribution in [3.05, 3.63) is 46.4 Å². The Hall–Kier alpha value is -2.03. The molecule has 0 spiro atoms. The summed E-state index contributed by atoms with van der Waals surface area (Å²) in [5, 5.41) is 9.73. The number of benzene rings is 1. The molecule has 114 valence electrons. The molecule has 0 saturated heterocycles. The summed E-state index contributed by atoms with van der Waals surface area (Å²) in [6, 6.07) is 9.56. The summed E-state index contributed by atoms with van der Waals surface area (Å²) in [6.45, 7) is 0. The molecule has 2 aromatic heterocycles. The molecule has 3 rings (SSSR count). The second-order valence-electron chi connectivity index (χ2n) is 4.39. The van der Waals surface area contributed by atoms with E-state index in [1.807, 2.05) is 0 Å². The minimum Gasteiger partial charge on any atom is -0.477 e. The first-order valence-corrected chi connectivity index (χ1v) is 8.68. The second-order valence-corrected chi connectivity index (χ2v) is 8.01. The van der Waals surface area contributed by atoms with Crippen LogP contribution in [0.5, 0.6) is 0 Å². The topological polar surface area (TPSA) is 99.3 Å². The van der Waals surface area contributed by atoms with E-state index in [1.165, 1.54) is 12.1 Å². The molecule has 0 bridgehead atoms. The molecule has 0 aliphatic carbocycles. The lowest BCUT2D eigenvalue weighted by molar-refractivity contribution is 0.0692. The molecular weight excluding hydrogens is 348 g/mol. The van der Waals surface area contributed by atoms with Gasteiger partial charge in [0.15, 0.2) is 0 Å². The van der Waals surface area contributed by atoms with Crippen molar-refractivity contribution in [3.63, 3.8) is 0 Å². The van der Waals surface area contributed by atoms with Crippen molar-refractivity contribution in [2.75, 3.05) is 4.72 Å². The van der Waals surface area contributed by atoms with E-state index in [-0.39, 0.29) is 15.6 Å². The highest BCUT2D eigenvalue weighted by molar-refractivity contribution is 7.94. The quantitative estimate of drug-likeness (QED) is 0.667. The van der Waals surface area contributed by atoms with Gasteiger partial charge in [-0.2, -0.15) is 0 Å². The number of fused-ring (bicyclic) bond motifs is 1. The molecule has 0 fully saturated rings. The van der Waals surface area contributed by atoms with E-state index in [1.54, 1.807) is 24.3 Å². The number of rotatable bonds is 4. The van der Waals surface area contributed by atoms with Crippen LogP contribution in [-0.4, -0.2) is 24.5 Å². The van der Waals surface area contributed by atoms with Crippen LogP contribution in [0.2, 0.25) is 4.34 Å². The van der Waals surface area contributed by atoms with Gasteiger partial charge in [0.25, 0.3) is 10.0 Å². The van der Waals surface area contributed by atoms with Gasteiger partial charge < -0.3 is 10.1 Å². The van der Waals surface area contributed by atoms with Gasteiger partial charge in [0.1, 0.15) is 9.90 Å². The van der Waals surface area contributed by atoms with Crippen molar-refractivity contribution in [1.29, 1.82) is 0 Å². The predicted molar refractivity (Wildman–Crippen MR) is 85.4 cm³/mol. The van der Waals surface area contributed by atoms with E-state index in [9.17, 15) is 18.3 Å². The summed E-state index contributed by atoms with van der Waals surface area (Å²) in [5.74, 6) is -1.25. The lowest BCUT2D eigenvalue weighted by Gasteiger charge is -2.06. The smallest absolute Gasteiger partial charge is 0.354 e. The van der Waals surface area contributed by atoms with Crippen LogP contribution >= 0.6 is 22.9 Å². The van der Waals surface area contributed by atoms with Gasteiger partial charge in [-0.3, -0.25) is 4.72 Å². The van der Waals surface area contributed by atoms with Crippen LogP contribution < -0.4 is 4.72 Å². The number of hydrogen-bond donors (Lipinski definition) is 3. The summed E-state index contributed by atoms with van der Waals surface area (Å²) < 4.78 is 27.4. The summed E-state index contributed by atoms with van der Waals surface area (Å²) in [4.78, 5) is 14.0. The predicted octanol–water partition coefficient (Wildman–Crippen LogP) is 3.38. The van der Waals surface area contributed by atoms with Gasteiger partial charge in [0.05, 0.1) is 10.0 Å². The highest BCUT2D eigenvalue weighted by Crippen LogP contribution is 2.32. The van der Waals surface area contributed by atoms with E-state index in [2.05, 4.69) is 9.71 Å². The maximum Gasteiger partial charge on any atom is 0.354 e. The molecule has 1 aromatic carbocycles. The number of H-pyrrole nitrogens is 1. The molecule has 2 heterocycles. The van der Waals surface area contributed by atoms with Crippen molar-refractivity contribution in [2.45, 2.75) is 4.21 Å². The van der Waals surface area contributed by atoms with Gasteiger partial charge in [-0.25, -0.2) is 13.2 Å². The maximum atomic E-state index is 12.4. The Bertz CT molecular complexity index is 975. The third-order valence-electron chi connectivity index (χ3n) is 2.97. The third kappa shape index (κ3) is 2.56. The molecule has 6 nitrogen and oxygen atoms in total. The fourth-order valence-electron chi connectivity index (χ4n) is 2.04. The van der Waals surface area contributed by atoms with Crippen molar-refractivity contribution in [1.82, 2.24) is 4.98 Å². The number of anilines is 1. The van der Waals surface area contributed by atoms with Crippen LogP contribution in [0.3, 0.4) is 0 Å². The number of carbonyl (C=O) groups is 1. The molecule has 3 N–H and O–H groups in total. The number of carboxylic acid groups (broad SMARTS) is 1. The van der Waals surface area contributed by atoms with Crippen LogP contribution in [0.1, 0.15) is 10.5 Å². The SMILES string of the molecule is O=C(O)c1[nH]c2ccccc2c1NS(=O)(=O)c1ccc(Cl)s1. The molecule has 0 atom stereocenters. The Morgan fingerprint density at radius 3 is 2.59 bits per heavy atom. The summed E-state index contributed by atoms with van der Waals surface area (Å²) >= 11 is 6.64. The summed E-state index contributed by atoms with van der Waals surface area (Å²) in [7, 11) is -3.91. The van der Waals surface area contributed by atoms with Crippen LogP contribution in [0.15, 0.2) is 40.6 Å². The van der Waals surface area contributed by atoms with E-state index in [0.29, 0.717) is 15.2 Å². The third-order valence-corrected chi connectivity index (χ3v) is 6.04.